The summed E-state index contributed by atoms with van der Waals surface area (Å²) in [6, 6.07) is 3.73. The average molecular weight is 264 g/mol. The third-order valence-corrected chi connectivity index (χ3v) is 3.59. The van der Waals surface area contributed by atoms with Crippen molar-refractivity contribution in [2.24, 2.45) is 11.1 Å². The predicted octanol–water partition coefficient (Wildman–Crippen LogP) is 2.45. The van der Waals surface area contributed by atoms with E-state index in [1.54, 1.807) is 0 Å². The van der Waals surface area contributed by atoms with Gasteiger partial charge in [-0.15, -0.1) is 0 Å². The van der Waals surface area contributed by atoms with Crippen molar-refractivity contribution in [2.45, 2.75) is 59.2 Å². The molecule has 0 unspecified atom stereocenters. The Hall–Kier alpha value is -1.29. The van der Waals surface area contributed by atoms with Crippen LogP contribution >= 0.6 is 0 Å². The number of carbonyl (C=O) groups excluding carboxylic acids is 1. The monoisotopic (exact) mass is 264 g/mol. The van der Waals surface area contributed by atoms with E-state index in [4.69, 9.17) is 10.2 Å². The lowest BCUT2D eigenvalue weighted by Gasteiger charge is -2.31. The molecule has 1 saturated carbocycles. The Kier molecular flexibility index (Phi) is 3.72. The Labute approximate surface area is 114 Å². The number of rotatable bonds is 4. The average Bonchev–Trinajstić information content (AvgIpc) is 3.07. The van der Waals surface area contributed by atoms with E-state index in [1.807, 2.05) is 44.7 Å². The maximum atomic E-state index is 12.5. The van der Waals surface area contributed by atoms with Crippen LogP contribution < -0.4 is 5.73 Å². The quantitative estimate of drug-likeness (QED) is 0.908. The van der Waals surface area contributed by atoms with Crippen LogP contribution in [0.4, 0.5) is 0 Å². The number of furan rings is 1. The van der Waals surface area contributed by atoms with Crippen molar-refractivity contribution < 1.29 is 9.21 Å². The van der Waals surface area contributed by atoms with Gasteiger partial charge in [0.25, 0.3) is 0 Å². The molecule has 0 aromatic carbocycles. The molecule has 0 bridgehead atoms. The maximum Gasteiger partial charge on any atom is 0.240 e. The van der Waals surface area contributed by atoms with E-state index in [9.17, 15) is 4.79 Å². The molecular weight excluding hydrogens is 240 g/mol. The third-order valence-electron chi connectivity index (χ3n) is 3.59. The van der Waals surface area contributed by atoms with Crippen molar-refractivity contribution in [1.29, 1.82) is 0 Å². The number of amides is 1. The fourth-order valence-corrected chi connectivity index (χ4v) is 2.06. The Bertz CT molecular complexity index is 455. The molecule has 1 aliphatic carbocycles. The van der Waals surface area contributed by atoms with Crippen molar-refractivity contribution in [2.75, 3.05) is 0 Å². The SMILES string of the molecule is Cc1ccc(CN(C(=O)[C@@H](N)C(C)(C)C)C2CC2)o1. The number of hydrogen-bond donors (Lipinski definition) is 1. The lowest BCUT2D eigenvalue weighted by molar-refractivity contribution is -0.136. The highest BCUT2D eigenvalue weighted by Crippen LogP contribution is 2.31. The Morgan fingerprint density at radius 2 is 2.11 bits per heavy atom. The van der Waals surface area contributed by atoms with Crippen LogP contribution in [0.5, 0.6) is 0 Å². The molecule has 0 saturated heterocycles. The smallest absolute Gasteiger partial charge is 0.240 e. The first-order chi connectivity index (χ1) is 8.79. The minimum atomic E-state index is -0.468. The summed E-state index contributed by atoms with van der Waals surface area (Å²) >= 11 is 0. The fraction of sp³-hybridized carbons (Fsp3) is 0.667. The molecule has 0 radical (unpaired) electrons. The first-order valence-electron chi connectivity index (χ1n) is 6.90. The van der Waals surface area contributed by atoms with Crippen LogP contribution in [0.2, 0.25) is 0 Å². The molecule has 1 aromatic rings. The van der Waals surface area contributed by atoms with Gasteiger partial charge in [-0.1, -0.05) is 20.8 Å². The largest absolute Gasteiger partial charge is 0.464 e. The van der Waals surface area contributed by atoms with Gasteiger partial charge in [0, 0.05) is 6.04 Å². The molecule has 0 spiro atoms. The number of nitrogens with two attached hydrogens (primary N) is 1. The minimum absolute atomic E-state index is 0.0315. The van der Waals surface area contributed by atoms with Crippen LogP contribution in [0, 0.1) is 12.3 Å². The van der Waals surface area contributed by atoms with Gasteiger partial charge in [-0.3, -0.25) is 4.79 Å². The van der Waals surface area contributed by atoms with E-state index in [1.165, 1.54) is 0 Å². The zero-order valence-electron chi connectivity index (χ0n) is 12.3. The van der Waals surface area contributed by atoms with E-state index in [-0.39, 0.29) is 11.3 Å². The Morgan fingerprint density at radius 1 is 1.47 bits per heavy atom. The van der Waals surface area contributed by atoms with Crippen LogP contribution in [0.1, 0.15) is 45.1 Å². The summed E-state index contributed by atoms with van der Waals surface area (Å²) in [4.78, 5) is 14.4. The second-order valence-electron chi connectivity index (χ2n) is 6.55. The highest BCUT2D eigenvalue weighted by molar-refractivity contribution is 5.83. The summed E-state index contributed by atoms with van der Waals surface area (Å²) in [5.74, 6) is 1.74. The molecule has 19 heavy (non-hydrogen) atoms. The lowest BCUT2D eigenvalue weighted by Crippen LogP contribution is -2.50. The van der Waals surface area contributed by atoms with Crippen LogP contribution in [0.3, 0.4) is 0 Å². The molecule has 1 heterocycles. The molecule has 1 atom stereocenters. The zero-order chi connectivity index (χ0) is 14.2. The van der Waals surface area contributed by atoms with Gasteiger partial charge in [-0.05, 0) is 37.3 Å². The van der Waals surface area contributed by atoms with Gasteiger partial charge >= 0.3 is 0 Å². The maximum absolute atomic E-state index is 12.5. The second-order valence-corrected chi connectivity index (χ2v) is 6.55. The van der Waals surface area contributed by atoms with Gasteiger partial charge in [0.1, 0.15) is 11.5 Å². The molecule has 1 amide bonds. The molecule has 2 rings (SSSR count). The summed E-state index contributed by atoms with van der Waals surface area (Å²) in [6.45, 7) is 8.43. The summed E-state index contributed by atoms with van der Waals surface area (Å²) in [7, 11) is 0. The van der Waals surface area contributed by atoms with Crippen molar-refractivity contribution in [3.63, 3.8) is 0 Å². The minimum Gasteiger partial charge on any atom is -0.464 e. The van der Waals surface area contributed by atoms with Crippen LogP contribution in [-0.4, -0.2) is 22.9 Å². The topological polar surface area (TPSA) is 59.5 Å². The van der Waals surface area contributed by atoms with Crippen molar-refractivity contribution in [1.82, 2.24) is 4.90 Å². The van der Waals surface area contributed by atoms with Gasteiger partial charge in [0.05, 0.1) is 12.6 Å². The lowest BCUT2D eigenvalue weighted by atomic mass is 9.86. The van der Waals surface area contributed by atoms with E-state index < -0.39 is 6.04 Å². The Morgan fingerprint density at radius 3 is 2.53 bits per heavy atom. The van der Waals surface area contributed by atoms with Crippen molar-refractivity contribution in [3.05, 3.63) is 23.7 Å². The third kappa shape index (κ3) is 3.38. The van der Waals surface area contributed by atoms with Gasteiger partial charge in [-0.25, -0.2) is 0 Å². The molecule has 0 aliphatic heterocycles. The molecule has 1 fully saturated rings. The van der Waals surface area contributed by atoms with Gasteiger partial charge < -0.3 is 15.1 Å². The molecule has 4 heteroatoms. The number of aryl methyl sites for hydroxylation is 1. The summed E-state index contributed by atoms with van der Waals surface area (Å²) < 4.78 is 5.57. The molecule has 1 aliphatic rings. The van der Waals surface area contributed by atoms with Crippen LogP contribution in [-0.2, 0) is 11.3 Å². The highest BCUT2D eigenvalue weighted by atomic mass is 16.3. The standard InChI is InChI=1S/C15H24N2O2/c1-10-5-8-12(19-10)9-17(11-6-7-11)14(18)13(16)15(2,3)4/h5,8,11,13H,6-7,9,16H2,1-4H3/t13-/m1/s1. The summed E-state index contributed by atoms with van der Waals surface area (Å²) in [6.07, 6.45) is 2.14. The van der Waals surface area contributed by atoms with Gasteiger partial charge in [0.15, 0.2) is 0 Å². The summed E-state index contributed by atoms with van der Waals surface area (Å²) in [5, 5.41) is 0. The van der Waals surface area contributed by atoms with Crippen LogP contribution in [0.25, 0.3) is 0 Å². The second kappa shape index (κ2) is 5.00. The van der Waals surface area contributed by atoms with Crippen LogP contribution in [0.15, 0.2) is 16.5 Å². The Balaban J connectivity index is 2.10. The van der Waals surface area contributed by atoms with E-state index in [0.29, 0.717) is 12.6 Å². The zero-order valence-corrected chi connectivity index (χ0v) is 12.3. The number of hydrogen-bond acceptors (Lipinski definition) is 3. The molecular formula is C15H24N2O2. The molecule has 1 aromatic heterocycles. The molecule has 106 valence electrons. The number of carbonyl (C=O) groups is 1. The first-order valence-corrected chi connectivity index (χ1v) is 6.90. The van der Waals surface area contributed by atoms with Crippen molar-refractivity contribution >= 4 is 5.91 Å². The van der Waals surface area contributed by atoms with Crippen molar-refractivity contribution in [3.8, 4) is 0 Å². The van der Waals surface area contributed by atoms with Gasteiger partial charge in [0.2, 0.25) is 5.91 Å². The highest BCUT2D eigenvalue weighted by Gasteiger charge is 2.38. The van der Waals surface area contributed by atoms with E-state index in [0.717, 1.165) is 24.4 Å². The van der Waals surface area contributed by atoms with E-state index in [2.05, 4.69) is 0 Å². The first kappa shape index (κ1) is 14.1. The summed E-state index contributed by atoms with van der Waals surface area (Å²) in [5.41, 5.74) is 5.88. The van der Waals surface area contributed by atoms with Gasteiger partial charge in [-0.2, -0.15) is 0 Å². The molecule has 4 nitrogen and oxygen atoms in total. The normalized spacial score (nSPS) is 17.3. The molecule has 2 N–H and O–H groups in total. The predicted molar refractivity (Wildman–Crippen MR) is 74.4 cm³/mol. The number of nitrogens with zero attached hydrogens (tertiary/aromatic N) is 1. The fourth-order valence-electron chi connectivity index (χ4n) is 2.06. The van der Waals surface area contributed by atoms with E-state index >= 15 is 0 Å².